The lowest BCUT2D eigenvalue weighted by atomic mass is 9.82. The molecule has 5 rings (SSSR count). The summed E-state index contributed by atoms with van der Waals surface area (Å²) in [7, 11) is 0. The van der Waals surface area contributed by atoms with Gasteiger partial charge < -0.3 is 20.4 Å². The van der Waals surface area contributed by atoms with E-state index in [1.165, 1.54) is 0 Å². The van der Waals surface area contributed by atoms with Crippen LogP contribution in [0.25, 0.3) is 22.3 Å². The van der Waals surface area contributed by atoms with E-state index in [9.17, 15) is 20.4 Å². The summed E-state index contributed by atoms with van der Waals surface area (Å²) in [5.41, 5.74) is 4.91. The normalized spacial score (nSPS) is 10.7. The van der Waals surface area contributed by atoms with Gasteiger partial charge in [-0.15, -0.1) is 0 Å². The number of phenols is 4. The molecule has 4 nitrogen and oxygen atoms in total. The van der Waals surface area contributed by atoms with Crippen molar-refractivity contribution in [1.29, 1.82) is 0 Å². The summed E-state index contributed by atoms with van der Waals surface area (Å²) in [5, 5.41) is 43.7. The highest BCUT2D eigenvalue weighted by atomic mass is 16.3. The molecule has 0 unspecified atom stereocenters. The van der Waals surface area contributed by atoms with Crippen LogP contribution in [-0.2, 0) is 0 Å². The second-order valence-electron chi connectivity index (χ2n) is 8.36. The highest BCUT2D eigenvalue weighted by Gasteiger charge is 2.29. The van der Waals surface area contributed by atoms with Gasteiger partial charge in [-0.3, -0.25) is 0 Å². The molecule has 5 aromatic rings. The van der Waals surface area contributed by atoms with Crippen molar-refractivity contribution in [2.75, 3.05) is 0 Å². The number of rotatable bonds is 5. The van der Waals surface area contributed by atoms with Crippen molar-refractivity contribution in [3.05, 3.63) is 144 Å². The summed E-state index contributed by atoms with van der Waals surface area (Å²) in [6, 6.07) is 38.0. The Balaban J connectivity index is 2.03. The van der Waals surface area contributed by atoms with Crippen molar-refractivity contribution < 1.29 is 20.4 Å². The van der Waals surface area contributed by atoms with E-state index < -0.39 is 23.0 Å². The maximum absolute atomic E-state index is 11.4. The second-order valence-corrected chi connectivity index (χ2v) is 8.36. The van der Waals surface area contributed by atoms with Gasteiger partial charge in [0.15, 0.2) is 11.5 Å². The summed E-state index contributed by atoms with van der Waals surface area (Å²) in [4.78, 5) is 0. The SMILES string of the molecule is Oc1c(O)c(O)c(-c2ccccc2)c(C(=C(c2ccccc2)c2ccccc2)c2ccccc2)c1O. The zero-order valence-electron chi connectivity index (χ0n) is 19.3. The highest BCUT2D eigenvalue weighted by molar-refractivity contribution is 6.10. The predicted molar refractivity (Wildman–Crippen MR) is 143 cm³/mol. The zero-order valence-corrected chi connectivity index (χ0v) is 19.3. The van der Waals surface area contributed by atoms with E-state index in [2.05, 4.69) is 0 Å². The standard InChI is InChI=1S/C32H24O4/c33-29-27(24-19-11-4-12-20-24)28(30(34)32(36)31(29)35)26(23-17-9-3-10-18-23)25(21-13-5-1-6-14-21)22-15-7-2-8-16-22/h1-20,33-36H. The van der Waals surface area contributed by atoms with Gasteiger partial charge in [-0.05, 0) is 27.8 Å². The topological polar surface area (TPSA) is 80.9 Å². The molecule has 0 atom stereocenters. The van der Waals surface area contributed by atoms with E-state index in [0.717, 1.165) is 22.3 Å². The van der Waals surface area contributed by atoms with Gasteiger partial charge >= 0.3 is 0 Å². The van der Waals surface area contributed by atoms with Gasteiger partial charge in [-0.25, -0.2) is 0 Å². The van der Waals surface area contributed by atoms with Crippen LogP contribution in [0.4, 0.5) is 0 Å². The van der Waals surface area contributed by atoms with Gasteiger partial charge in [-0.1, -0.05) is 121 Å². The number of aromatic hydroxyl groups is 4. The maximum atomic E-state index is 11.4. The van der Waals surface area contributed by atoms with Gasteiger partial charge in [0.25, 0.3) is 0 Å². The molecule has 0 aliphatic heterocycles. The minimum atomic E-state index is -0.781. The summed E-state index contributed by atoms with van der Waals surface area (Å²) in [6.07, 6.45) is 0. The molecule has 0 amide bonds. The third kappa shape index (κ3) is 4.05. The summed E-state index contributed by atoms with van der Waals surface area (Å²) >= 11 is 0. The van der Waals surface area contributed by atoms with Gasteiger partial charge in [-0.2, -0.15) is 0 Å². The van der Waals surface area contributed by atoms with Crippen molar-refractivity contribution in [2.45, 2.75) is 0 Å². The molecule has 5 aromatic carbocycles. The minimum Gasteiger partial charge on any atom is -0.504 e. The molecule has 4 N–H and O–H groups in total. The molecule has 0 aliphatic carbocycles. The van der Waals surface area contributed by atoms with Crippen molar-refractivity contribution in [3.63, 3.8) is 0 Å². The molecular weight excluding hydrogens is 448 g/mol. The fraction of sp³-hybridized carbons (Fsp3) is 0. The van der Waals surface area contributed by atoms with Crippen LogP contribution < -0.4 is 0 Å². The molecule has 0 aliphatic rings. The number of hydrogen-bond acceptors (Lipinski definition) is 4. The van der Waals surface area contributed by atoms with Crippen LogP contribution in [0.2, 0.25) is 0 Å². The molecule has 0 saturated carbocycles. The first-order chi connectivity index (χ1) is 17.6. The van der Waals surface area contributed by atoms with E-state index >= 15 is 0 Å². The van der Waals surface area contributed by atoms with Crippen LogP contribution in [0.3, 0.4) is 0 Å². The Kier molecular flexibility index (Phi) is 6.16. The summed E-state index contributed by atoms with van der Waals surface area (Å²) < 4.78 is 0. The number of benzene rings is 5. The third-order valence-electron chi connectivity index (χ3n) is 6.15. The van der Waals surface area contributed by atoms with Crippen LogP contribution in [0.1, 0.15) is 22.3 Å². The lowest BCUT2D eigenvalue weighted by molar-refractivity contribution is 0.346. The maximum Gasteiger partial charge on any atom is 0.204 e. The van der Waals surface area contributed by atoms with Crippen LogP contribution >= 0.6 is 0 Å². The number of phenolic OH excluding ortho intramolecular Hbond substituents is 4. The Morgan fingerprint density at radius 1 is 0.361 bits per heavy atom. The molecule has 0 spiro atoms. The lowest BCUT2D eigenvalue weighted by Gasteiger charge is -2.23. The van der Waals surface area contributed by atoms with E-state index in [4.69, 9.17) is 0 Å². The molecule has 0 radical (unpaired) electrons. The quantitative estimate of drug-likeness (QED) is 0.124. The van der Waals surface area contributed by atoms with Crippen LogP contribution in [0, 0.1) is 0 Å². The number of hydrogen-bond donors (Lipinski definition) is 4. The minimum absolute atomic E-state index is 0.211. The average molecular weight is 473 g/mol. The first kappa shape index (κ1) is 22.8. The monoisotopic (exact) mass is 472 g/mol. The van der Waals surface area contributed by atoms with Crippen molar-refractivity contribution in [2.24, 2.45) is 0 Å². The Labute approximate surface area is 209 Å². The first-order valence-electron chi connectivity index (χ1n) is 11.5. The molecule has 0 heterocycles. The van der Waals surface area contributed by atoms with Crippen molar-refractivity contribution in [1.82, 2.24) is 0 Å². The van der Waals surface area contributed by atoms with Gasteiger partial charge in [0.1, 0.15) is 0 Å². The molecule has 36 heavy (non-hydrogen) atoms. The molecule has 0 fully saturated rings. The van der Waals surface area contributed by atoms with E-state index in [1.807, 2.05) is 97.1 Å². The highest BCUT2D eigenvalue weighted by Crippen LogP contribution is 2.55. The Hall–Kier alpha value is -4.96. The lowest BCUT2D eigenvalue weighted by Crippen LogP contribution is -2.00. The Morgan fingerprint density at radius 2 is 0.722 bits per heavy atom. The molecule has 0 aromatic heterocycles. The van der Waals surface area contributed by atoms with Crippen molar-refractivity contribution in [3.8, 4) is 34.1 Å². The first-order valence-corrected chi connectivity index (χ1v) is 11.5. The fourth-order valence-corrected chi connectivity index (χ4v) is 4.51. The zero-order chi connectivity index (χ0) is 25.1. The smallest absolute Gasteiger partial charge is 0.204 e. The van der Waals surface area contributed by atoms with Gasteiger partial charge in [0.2, 0.25) is 11.5 Å². The average Bonchev–Trinajstić information content (AvgIpc) is 2.94. The van der Waals surface area contributed by atoms with Crippen molar-refractivity contribution >= 4 is 11.1 Å². The van der Waals surface area contributed by atoms with E-state index in [1.54, 1.807) is 24.3 Å². The predicted octanol–water partition coefficient (Wildman–Crippen LogP) is 7.18. The molecule has 0 bridgehead atoms. The fourth-order valence-electron chi connectivity index (χ4n) is 4.51. The third-order valence-corrected chi connectivity index (χ3v) is 6.15. The van der Waals surface area contributed by atoms with Gasteiger partial charge in [0.05, 0.1) is 0 Å². The molecule has 176 valence electrons. The van der Waals surface area contributed by atoms with Gasteiger partial charge in [0, 0.05) is 16.7 Å². The van der Waals surface area contributed by atoms with E-state index in [0.29, 0.717) is 11.1 Å². The Bertz CT molecular complexity index is 1480. The Morgan fingerprint density at radius 3 is 1.17 bits per heavy atom. The molecular formula is C32H24O4. The summed E-state index contributed by atoms with van der Waals surface area (Å²) in [5.74, 6) is -2.59. The second kappa shape index (κ2) is 9.72. The van der Waals surface area contributed by atoms with Crippen LogP contribution in [-0.4, -0.2) is 20.4 Å². The van der Waals surface area contributed by atoms with E-state index in [-0.39, 0.29) is 11.1 Å². The molecule has 4 heteroatoms. The largest absolute Gasteiger partial charge is 0.504 e. The van der Waals surface area contributed by atoms with Crippen LogP contribution in [0.15, 0.2) is 121 Å². The molecule has 0 saturated heterocycles. The van der Waals surface area contributed by atoms with Crippen LogP contribution in [0.5, 0.6) is 23.0 Å². The summed E-state index contributed by atoms with van der Waals surface area (Å²) in [6.45, 7) is 0.